The van der Waals surface area contributed by atoms with Crippen LogP contribution in [0.1, 0.15) is 19.3 Å². The predicted octanol–water partition coefficient (Wildman–Crippen LogP) is 0.748. The monoisotopic (exact) mass is 254 g/mol. The summed E-state index contributed by atoms with van der Waals surface area (Å²) in [7, 11) is 5.45. The number of nitrogens with zero attached hydrogens (tertiary/aromatic N) is 4. The topological polar surface area (TPSA) is 89.2 Å². The van der Waals surface area contributed by atoms with E-state index in [9.17, 15) is 0 Å². The maximum atomic E-state index is 5.62. The van der Waals surface area contributed by atoms with E-state index in [1.165, 1.54) is 0 Å². The van der Waals surface area contributed by atoms with Crippen LogP contribution in [0.5, 0.6) is 0 Å². The number of rotatable bonds is 8. The summed E-state index contributed by atoms with van der Waals surface area (Å²) >= 11 is 0. The zero-order valence-corrected chi connectivity index (χ0v) is 11.3. The molecule has 102 valence electrons. The molecule has 0 saturated heterocycles. The first-order valence-corrected chi connectivity index (χ1v) is 6.05. The minimum atomic E-state index is 0.232. The Labute approximate surface area is 108 Å². The van der Waals surface area contributed by atoms with Gasteiger partial charge < -0.3 is 20.7 Å². The van der Waals surface area contributed by atoms with Gasteiger partial charge in [0, 0.05) is 34.4 Å². The fourth-order valence-electron chi connectivity index (χ4n) is 1.41. The van der Waals surface area contributed by atoms with Crippen LogP contribution in [0.25, 0.3) is 0 Å². The number of hydrogen-bond acceptors (Lipinski definition) is 7. The first-order chi connectivity index (χ1) is 8.63. The Hall–Kier alpha value is -1.63. The van der Waals surface area contributed by atoms with Gasteiger partial charge in [0.05, 0.1) is 0 Å². The van der Waals surface area contributed by atoms with Gasteiger partial charge in [0.15, 0.2) is 0 Å². The van der Waals surface area contributed by atoms with Gasteiger partial charge >= 0.3 is 0 Å². The number of nitrogens with two attached hydrogens (primary N) is 1. The van der Waals surface area contributed by atoms with E-state index in [0.29, 0.717) is 11.9 Å². The standard InChI is InChI=1S/C11H22N6O/c1-17(2)11-15-9(12)14-10(16-11)13-7-5-4-6-8-18-3/h4-8H2,1-3H3,(H3,12,13,14,15,16). The molecule has 18 heavy (non-hydrogen) atoms. The number of anilines is 3. The lowest BCUT2D eigenvalue weighted by molar-refractivity contribution is 0.192. The molecular formula is C11H22N6O. The maximum absolute atomic E-state index is 5.62. The molecule has 1 rings (SSSR count). The summed E-state index contributed by atoms with van der Waals surface area (Å²) in [5.41, 5.74) is 5.62. The van der Waals surface area contributed by atoms with Crippen LogP contribution >= 0.6 is 0 Å². The third-order valence-electron chi connectivity index (χ3n) is 2.35. The molecule has 0 radical (unpaired) electrons. The van der Waals surface area contributed by atoms with Crippen molar-refractivity contribution in [3.63, 3.8) is 0 Å². The Morgan fingerprint density at radius 3 is 2.61 bits per heavy atom. The number of hydrogen-bond donors (Lipinski definition) is 2. The molecule has 0 bridgehead atoms. The van der Waals surface area contributed by atoms with Crippen molar-refractivity contribution in [1.82, 2.24) is 15.0 Å². The molecule has 1 aromatic rings. The highest BCUT2D eigenvalue weighted by Gasteiger charge is 2.05. The summed E-state index contributed by atoms with van der Waals surface area (Å²) in [6.07, 6.45) is 3.23. The van der Waals surface area contributed by atoms with Gasteiger partial charge in [-0.1, -0.05) is 0 Å². The van der Waals surface area contributed by atoms with E-state index >= 15 is 0 Å². The largest absolute Gasteiger partial charge is 0.385 e. The lowest BCUT2D eigenvalue weighted by atomic mass is 10.2. The highest BCUT2D eigenvalue weighted by atomic mass is 16.5. The van der Waals surface area contributed by atoms with Crippen molar-refractivity contribution in [2.75, 3.05) is 50.3 Å². The molecule has 1 aromatic heterocycles. The number of aromatic nitrogens is 3. The first kappa shape index (κ1) is 14.4. The van der Waals surface area contributed by atoms with Crippen molar-refractivity contribution < 1.29 is 4.74 Å². The van der Waals surface area contributed by atoms with Gasteiger partial charge in [-0.3, -0.25) is 0 Å². The summed E-state index contributed by atoms with van der Waals surface area (Å²) in [6.45, 7) is 1.63. The molecule has 3 N–H and O–H groups in total. The second-order valence-electron chi connectivity index (χ2n) is 4.19. The average Bonchev–Trinajstić information content (AvgIpc) is 2.33. The van der Waals surface area contributed by atoms with E-state index in [1.54, 1.807) is 12.0 Å². The molecule has 0 spiro atoms. The summed E-state index contributed by atoms with van der Waals surface area (Å²) in [5.74, 6) is 1.32. The maximum Gasteiger partial charge on any atom is 0.231 e. The molecule has 0 fully saturated rings. The first-order valence-electron chi connectivity index (χ1n) is 6.05. The Balaban J connectivity index is 2.37. The number of unbranched alkanes of at least 4 members (excludes halogenated alkanes) is 2. The molecule has 7 heteroatoms. The number of nitrogens with one attached hydrogen (secondary N) is 1. The fourth-order valence-corrected chi connectivity index (χ4v) is 1.41. The van der Waals surface area contributed by atoms with Crippen molar-refractivity contribution in [2.24, 2.45) is 0 Å². The van der Waals surface area contributed by atoms with E-state index in [1.807, 2.05) is 14.1 Å². The highest BCUT2D eigenvalue weighted by Crippen LogP contribution is 2.09. The van der Waals surface area contributed by atoms with E-state index in [4.69, 9.17) is 10.5 Å². The van der Waals surface area contributed by atoms with Crippen LogP contribution in [0, 0.1) is 0 Å². The lowest BCUT2D eigenvalue weighted by Gasteiger charge is -2.12. The zero-order chi connectivity index (χ0) is 13.4. The minimum absolute atomic E-state index is 0.232. The van der Waals surface area contributed by atoms with Crippen LogP contribution in [0.15, 0.2) is 0 Å². The number of methoxy groups -OCH3 is 1. The molecule has 0 atom stereocenters. The van der Waals surface area contributed by atoms with Gasteiger partial charge in [0.2, 0.25) is 17.8 Å². The quantitative estimate of drug-likeness (QED) is 0.661. The molecular weight excluding hydrogens is 232 g/mol. The molecule has 0 aliphatic heterocycles. The minimum Gasteiger partial charge on any atom is -0.385 e. The molecule has 7 nitrogen and oxygen atoms in total. The summed E-state index contributed by atoms with van der Waals surface area (Å²) in [6, 6.07) is 0. The van der Waals surface area contributed by atoms with Crippen molar-refractivity contribution in [2.45, 2.75) is 19.3 Å². The Kier molecular flexibility index (Phi) is 6.13. The van der Waals surface area contributed by atoms with E-state index in [-0.39, 0.29) is 5.95 Å². The predicted molar refractivity (Wildman–Crippen MR) is 72.8 cm³/mol. The van der Waals surface area contributed by atoms with Crippen LogP contribution < -0.4 is 16.0 Å². The Bertz CT molecular complexity index is 357. The van der Waals surface area contributed by atoms with Crippen LogP contribution in [0.3, 0.4) is 0 Å². The number of nitrogen functional groups attached to an aromatic ring is 1. The molecule has 0 saturated carbocycles. The number of ether oxygens (including phenoxy) is 1. The van der Waals surface area contributed by atoms with Gasteiger partial charge in [-0.15, -0.1) is 0 Å². The SMILES string of the molecule is COCCCCCNc1nc(N)nc(N(C)C)n1. The zero-order valence-electron chi connectivity index (χ0n) is 11.3. The second kappa shape index (κ2) is 7.65. The molecule has 0 aliphatic rings. The normalized spacial score (nSPS) is 10.4. The second-order valence-corrected chi connectivity index (χ2v) is 4.19. The smallest absolute Gasteiger partial charge is 0.231 e. The third-order valence-corrected chi connectivity index (χ3v) is 2.35. The summed E-state index contributed by atoms with van der Waals surface area (Å²) in [5, 5.41) is 3.15. The fraction of sp³-hybridized carbons (Fsp3) is 0.727. The van der Waals surface area contributed by atoms with Crippen molar-refractivity contribution in [3.8, 4) is 0 Å². The molecule has 0 unspecified atom stereocenters. The van der Waals surface area contributed by atoms with Crippen LogP contribution in [-0.2, 0) is 4.74 Å². The Morgan fingerprint density at radius 1 is 1.17 bits per heavy atom. The molecule has 1 heterocycles. The average molecular weight is 254 g/mol. The van der Waals surface area contributed by atoms with Crippen molar-refractivity contribution >= 4 is 17.8 Å². The third kappa shape index (κ3) is 5.13. The van der Waals surface area contributed by atoms with Crippen LogP contribution in [0.2, 0.25) is 0 Å². The van der Waals surface area contributed by atoms with Crippen molar-refractivity contribution in [3.05, 3.63) is 0 Å². The van der Waals surface area contributed by atoms with Gasteiger partial charge in [-0.05, 0) is 19.3 Å². The van der Waals surface area contributed by atoms with Gasteiger partial charge in [-0.25, -0.2) is 0 Å². The van der Waals surface area contributed by atoms with Gasteiger partial charge in [-0.2, -0.15) is 15.0 Å². The van der Waals surface area contributed by atoms with Gasteiger partial charge in [0.1, 0.15) is 0 Å². The van der Waals surface area contributed by atoms with E-state index in [0.717, 1.165) is 32.4 Å². The highest BCUT2D eigenvalue weighted by molar-refractivity contribution is 5.40. The van der Waals surface area contributed by atoms with E-state index < -0.39 is 0 Å². The molecule has 0 amide bonds. The molecule has 0 aromatic carbocycles. The van der Waals surface area contributed by atoms with E-state index in [2.05, 4.69) is 20.3 Å². The lowest BCUT2D eigenvalue weighted by Crippen LogP contribution is -2.16. The van der Waals surface area contributed by atoms with Crippen molar-refractivity contribution in [1.29, 1.82) is 0 Å². The van der Waals surface area contributed by atoms with Crippen LogP contribution in [-0.4, -0.2) is 49.3 Å². The van der Waals surface area contributed by atoms with Crippen LogP contribution in [0.4, 0.5) is 17.8 Å². The Morgan fingerprint density at radius 2 is 1.94 bits per heavy atom. The summed E-state index contributed by atoms with van der Waals surface area (Å²) in [4.78, 5) is 14.1. The summed E-state index contributed by atoms with van der Waals surface area (Å²) < 4.78 is 4.99. The molecule has 0 aliphatic carbocycles. The van der Waals surface area contributed by atoms with Gasteiger partial charge in [0.25, 0.3) is 0 Å².